The summed E-state index contributed by atoms with van der Waals surface area (Å²) in [7, 11) is 1.60. The molecule has 144 valence electrons. The Labute approximate surface area is 151 Å². The third kappa shape index (κ3) is 8.54. The molecule has 0 aliphatic carbocycles. The molecule has 0 radical (unpaired) electrons. The molecule has 9 heteroatoms. The normalized spacial score (nSPS) is 18.4. The van der Waals surface area contributed by atoms with Gasteiger partial charge in [0.2, 0.25) is 11.8 Å². The summed E-state index contributed by atoms with van der Waals surface area (Å²) >= 11 is 0. The van der Waals surface area contributed by atoms with Gasteiger partial charge in [0.25, 0.3) is 5.97 Å². The quantitative estimate of drug-likeness (QED) is 0.588. The minimum absolute atomic E-state index is 0.0418. The minimum atomic E-state index is -0.833. The van der Waals surface area contributed by atoms with Gasteiger partial charge < -0.3 is 25.8 Å². The summed E-state index contributed by atoms with van der Waals surface area (Å²) in [6.07, 6.45) is 0.0684. The van der Waals surface area contributed by atoms with Crippen LogP contribution < -0.4 is 16.0 Å². The summed E-state index contributed by atoms with van der Waals surface area (Å²) in [6, 6.07) is 5.55. The van der Waals surface area contributed by atoms with Crippen LogP contribution in [0.15, 0.2) is 24.3 Å². The van der Waals surface area contributed by atoms with Gasteiger partial charge in [-0.3, -0.25) is 14.4 Å². The second-order valence-corrected chi connectivity index (χ2v) is 5.68. The number of carboxylic acids is 1. The molecule has 1 aliphatic heterocycles. The van der Waals surface area contributed by atoms with Gasteiger partial charge in [-0.05, 0) is 18.2 Å². The SMILES string of the molecule is CC(=O)O.CO[C@H]1CNC[C@@H]1NC(=O)CCC(=O)Nc1cccc(F)c1. The number of carbonyl (C=O) groups is 3. The van der Waals surface area contributed by atoms with Crippen LogP contribution in [0.2, 0.25) is 0 Å². The van der Waals surface area contributed by atoms with Crippen molar-refractivity contribution in [3.8, 4) is 0 Å². The molecule has 0 saturated carbocycles. The Morgan fingerprint density at radius 2 is 1.92 bits per heavy atom. The van der Waals surface area contributed by atoms with Crippen LogP contribution in [0.3, 0.4) is 0 Å². The van der Waals surface area contributed by atoms with Gasteiger partial charge >= 0.3 is 0 Å². The zero-order chi connectivity index (χ0) is 19.5. The molecule has 2 atom stereocenters. The van der Waals surface area contributed by atoms with E-state index in [0.717, 1.165) is 6.92 Å². The second kappa shape index (κ2) is 11.2. The average Bonchev–Trinajstić information content (AvgIpc) is 2.99. The molecule has 1 aliphatic rings. The van der Waals surface area contributed by atoms with E-state index >= 15 is 0 Å². The van der Waals surface area contributed by atoms with Crippen LogP contribution in [0, 0.1) is 5.82 Å². The number of hydrogen-bond donors (Lipinski definition) is 4. The number of amides is 2. The fraction of sp³-hybridized carbons (Fsp3) is 0.471. The van der Waals surface area contributed by atoms with Crippen molar-refractivity contribution in [1.82, 2.24) is 10.6 Å². The van der Waals surface area contributed by atoms with Gasteiger partial charge in [-0.2, -0.15) is 0 Å². The Bertz CT molecular complexity index is 622. The number of rotatable bonds is 6. The summed E-state index contributed by atoms with van der Waals surface area (Å²) in [6.45, 7) is 2.43. The molecule has 4 N–H and O–H groups in total. The van der Waals surface area contributed by atoms with E-state index in [-0.39, 0.29) is 36.8 Å². The third-order valence-electron chi connectivity index (χ3n) is 3.50. The molecule has 2 rings (SSSR count). The number of methoxy groups -OCH3 is 1. The Hall–Kier alpha value is -2.52. The van der Waals surface area contributed by atoms with E-state index < -0.39 is 11.8 Å². The smallest absolute Gasteiger partial charge is 0.300 e. The van der Waals surface area contributed by atoms with Crippen LogP contribution in [0.5, 0.6) is 0 Å². The first-order valence-electron chi connectivity index (χ1n) is 8.09. The van der Waals surface area contributed by atoms with E-state index in [2.05, 4.69) is 16.0 Å². The van der Waals surface area contributed by atoms with Gasteiger partial charge in [0.15, 0.2) is 0 Å². The maximum absolute atomic E-state index is 13.0. The largest absolute Gasteiger partial charge is 0.481 e. The Kier molecular flexibility index (Phi) is 9.24. The van der Waals surface area contributed by atoms with Crippen LogP contribution in [0.25, 0.3) is 0 Å². The Morgan fingerprint density at radius 1 is 1.27 bits per heavy atom. The molecular formula is C17H24FN3O5. The van der Waals surface area contributed by atoms with Gasteiger partial charge in [0.1, 0.15) is 5.82 Å². The number of hydrogen-bond acceptors (Lipinski definition) is 5. The van der Waals surface area contributed by atoms with Crippen molar-refractivity contribution >= 4 is 23.5 Å². The predicted molar refractivity (Wildman–Crippen MR) is 93.2 cm³/mol. The summed E-state index contributed by atoms with van der Waals surface area (Å²) in [5, 5.41) is 15.9. The molecule has 0 spiro atoms. The van der Waals surface area contributed by atoms with E-state index in [9.17, 15) is 14.0 Å². The fourth-order valence-corrected chi connectivity index (χ4v) is 2.34. The van der Waals surface area contributed by atoms with Gasteiger partial charge in [-0.1, -0.05) is 6.07 Å². The third-order valence-corrected chi connectivity index (χ3v) is 3.50. The van der Waals surface area contributed by atoms with E-state index in [1.165, 1.54) is 18.2 Å². The van der Waals surface area contributed by atoms with Gasteiger partial charge in [-0.25, -0.2) is 4.39 Å². The summed E-state index contributed by atoms with van der Waals surface area (Å²) in [5.41, 5.74) is 0.379. The zero-order valence-corrected chi connectivity index (χ0v) is 14.8. The van der Waals surface area contributed by atoms with Crippen molar-refractivity contribution in [2.24, 2.45) is 0 Å². The van der Waals surface area contributed by atoms with Crippen LogP contribution in [-0.2, 0) is 19.1 Å². The number of halogens is 1. The van der Waals surface area contributed by atoms with Crippen LogP contribution in [-0.4, -0.2) is 55.2 Å². The number of nitrogens with one attached hydrogen (secondary N) is 3. The molecule has 0 aromatic heterocycles. The first-order valence-corrected chi connectivity index (χ1v) is 8.09. The highest BCUT2D eigenvalue weighted by molar-refractivity contribution is 5.93. The van der Waals surface area contributed by atoms with Crippen molar-refractivity contribution in [3.63, 3.8) is 0 Å². The lowest BCUT2D eigenvalue weighted by Gasteiger charge is -2.18. The Morgan fingerprint density at radius 3 is 2.54 bits per heavy atom. The molecule has 1 fully saturated rings. The van der Waals surface area contributed by atoms with Gasteiger partial charge in [-0.15, -0.1) is 0 Å². The number of aliphatic carboxylic acids is 1. The van der Waals surface area contributed by atoms with Crippen LogP contribution in [0.1, 0.15) is 19.8 Å². The molecule has 0 bridgehead atoms. The highest BCUT2D eigenvalue weighted by Crippen LogP contribution is 2.10. The monoisotopic (exact) mass is 369 g/mol. The average molecular weight is 369 g/mol. The Balaban J connectivity index is 0.000000765. The molecule has 26 heavy (non-hydrogen) atoms. The topological polar surface area (TPSA) is 117 Å². The van der Waals surface area contributed by atoms with Crippen molar-refractivity contribution < 1.29 is 28.6 Å². The first-order chi connectivity index (χ1) is 12.3. The molecule has 0 unspecified atom stereocenters. The molecular weight excluding hydrogens is 345 g/mol. The van der Waals surface area contributed by atoms with Crippen LogP contribution >= 0.6 is 0 Å². The predicted octanol–water partition coefficient (Wildman–Crippen LogP) is 0.738. The maximum Gasteiger partial charge on any atom is 0.300 e. The molecule has 8 nitrogen and oxygen atoms in total. The minimum Gasteiger partial charge on any atom is -0.481 e. The number of anilines is 1. The number of carbonyl (C=O) groups excluding carboxylic acids is 2. The van der Waals surface area contributed by atoms with Gasteiger partial charge in [0, 0.05) is 45.7 Å². The van der Waals surface area contributed by atoms with E-state index in [1.54, 1.807) is 13.2 Å². The summed E-state index contributed by atoms with van der Waals surface area (Å²) in [4.78, 5) is 32.6. The highest BCUT2D eigenvalue weighted by atomic mass is 19.1. The maximum atomic E-state index is 13.0. The van der Waals surface area contributed by atoms with E-state index in [0.29, 0.717) is 18.8 Å². The second-order valence-electron chi connectivity index (χ2n) is 5.68. The molecule has 1 saturated heterocycles. The molecule has 2 amide bonds. The number of benzene rings is 1. The molecule has 1 heterocycles. The molecule has 1 aromatic rings. The number of ether oxygens (including phenoxy) is 1. The zero-order valence-electron chi connectivity index (χ0n) is 14.8. The lowest BCUT2D eigenvalue weighted by molar-refractivity contribution is -0.134. The lowest BCUT2D eigenvalue weighted by atomic mass is 10.2. The highest BCUT2D eigenvalue weighted by Gasteiger charge is 2.28. The van der Waals surface area contributed by atoms with E-state index in [4.69, 9.17) is 14.6 Å². The van der Waals surface area contributed by atoms with Crippen molar-refractivity contribution in [2.75, 3.05) is 25.5 Å². The summed E-state index contributed by atoms with van der Waals surface area (Å²) in [5.74, 6) is -1.78. The van der Waals surface area contributed by atoms with Crippen molar-refractivity contribution in [1.29, 1.82) is 0 Å². The van der Waals surface area contributed by atoms with Gasteiger partial charge in [0.05, 0.1) is 12.1 Å². The van der Waals surface area contributed by atoms with Crippen LogP contribution in [0.4, 0.5) is 10.1 Å². The molecule has 1 aromatic carbocycles. The summed E-state index contributed by atoms with van der Waals surface area (Å²) < 4.78 is 18.2. The standard InChI is InChI=1S/C15H20FN3O3.C2H4O2/c1-22-13-9-17-8-12(13)19-15(21)6-5-14(20)18-11-4-2-3-10(16)7-11;1-2(3)4/h2-4,7,12-13,17H,5-6,8-9H2,1H3,(H,18,20)(H,19,21);1H3,(H,3,4)/t12-,13-;/m0./s1. The lowest BCUT2D eigenvalue weighted by Crippen LogP contribution is -2.43. The van der Waals surface area contributed by atoms with Crippen molar-refractivity contribution in [2.45, 2.75) is 31.9 Å². The fourth-order valence-electron chi connectivity index (χ4n) is 2.34. The first kappa shape index (κ1) is 21.5. The van der Waals surface area contributed by atoms with E-state index in [1.807, 2.05) is 0 Å². The number of carboxylic acid groups (broad SMARTS) is 1. The van der Waals surface area contributed by atoms with Crippen molar-refractivity contribution in [3.05, 3.63) is 30.1 Å².